The van der Waals surface area contributed by atoms with Crippen LogP contribution in [-0.4, -0.2) is 17.1 Å². The maximum absolute atomic E-state index is 10.7. The van der Waals surface area contributed by atoms with Crippen molar-refractivity contribution in [2.24, 2.45) is 5.84 Å². The van der Waals surface area contributed by atoms with E-state index in [1.165, 1.54) is 0 Å². The van der Waals surface area contributed by atoms with Gasteiger partial charge in [0.25, 0.3) is 0 Å². The molecule has 0 aliphatic carbocycles. The van der Waals surface area contributed by atoms with Gasteiger partial charge in [-0.05, 0) is 6.42 Å². The number of rotatable bonds is 6. The molecule has 0 spiro atoms. The zero-order valence-corrected chi connectivity index (χ0v) is 7.55. The lowest BCUT2D eigenvalue weighted by molar-refractivity contribution is -0.123. The molecule has 1 amide bonds. The summed E-state index contributed by atoms with van der Waals surface area (Å²) in [7, 11) is 0. The molecule has 0 heterocycles. The predicted octanol–water partition coefficient (Wildman–Crippen LogP) is 0.308. The SMILES string of the molecule is CCCCC[C@H](O)CC(=O)NN. The molecular weight excluding hydrogens is 156 g/mol. The van der Waals surface area contributed by atoms with Crippen LogP contribution in [0.15, 0.2) is 0 Å². The van der Waals surface area contributed by atoms with Crippen LogP contribution in [0, 0.1) is 0 Å². The number of nitrogens with two attached hydrogens (primary N) is 1. The summed E-state index contributed by atoms with van der Waals surface area (Å²) in [6.45, 7) is 2.10. The van der Waals surface area contributed by atoms with Gasteiger partial charge in [0.1, 0.15) is 0 Å². The number of hydrogen-bond donors (Lipinski definition) is 3. The first-order valence-corrected chi connectivity index (χ1v) is 4.38. The van der Waals surface area contributed by atoms with Gasteiger partial charge in [0, 0.05) is 0 Å². The Morgan fingerprint density at radius 3 is 2.75 bits per heavy atom. The van der Waals surface area contributed by atoms with Gasteiger partial charge < -0.3 is 5.11 Å². The number of unbranched alkanes of at least 4 members (excludes halogenated alkanes) is 2. The molecule has 12 heavy (non-hydrogen) atoms. The van der Waals surface area contributed by atoms with E-state index in [2.05, 4.69) is 6.92 Å². The van der Waals surface area contributed by atoms with Gasteiger partial charge in [-0.3, -0.25) is 10.2 Å². The number of hydrazine groups is 1. The quantitative estimate of drug-likeness (QED) is 0.235. The second-order valence-electron chi connectivity index (χ2n) is 2.92. The maximum atomic E-state index is 10.7. The fourth-order valence-electron chi connectivity index (χ4n) is 1.00. The number of aliphatic hydroxyl groups excluding tert-OH is 1. The third-order valence-corrected chi connectivity index (χ3v) is 1.72. The van der Waals surface area contributed by atoms with Crippen LogP contribution in [0.4, 0.5) is 0 Å². The molecule has 72 valence electrons. The van der Waals surface area contributed by atoms with Gasteiger partial charge in [-0.15, -0.1) is 0 Å². The lowest BCUT2D eigenvalue weighted by Gasteiger charge is -2.07. The van der Waals surface area contributed by atoms with Crippen LogP contribution in [0.5, 0.6) is 0 Å². The summed E-state index contributed by atoms with van der Waals surface area (Å²) in [6, 6.07) is 0. The number of hydrogen-bond acceptors (Lipinski definition) is 3. The Morgan fingerprint density at radius 1 is 1.58 bits per heavy atom. The third-order valence-electron chi connectivity index (χ3n) is 1.72. The highest BCUT2D eigenvalue weighted by Gasteiger charge is 2.08. The largest absolute Gasteiger partial charge is 0.393 e. The second-order valence-corrected chi connectivity index (χ2v) is 2.92. The first kappa shape index (κ1) is 11.4. The first-order valence-electron chi connectivity index (χ1n) is 4.38. The molecule has 0 unspecified atom stereocenters. The molecule has 0 fully saturated rings. The van der Waals surface area contributed by atoms with Gasteiger partial charge in [0.05, 0.1) is 12.5 Å². The number of carbonyl (C=O) groups excluding carboxylic acids is 1. The van der Waals surface area contributed by atoms with Crippen LogP contribution in [0.1, 0.15) is 39.0 Å². The van der Waals surface area contributed by atoms with Crippen molar-refractivity contribution < 1.29 is 9.90 Å². The minimum absolute atomic E-state index is 0.111. The van der Waals surface area contributed by atoms with Crippen LogP contribution < -0.4 is 11.3 Å². The van der Waals surface area contributed by atoms with Crippen LogP contribution in [0.3, 0.4) is 0 Å². The zero-order chi connectivity index (χ0) is 9.40. The van der Waals surface area contributed by atoms with E-state index in [0.717, 1.165) is 19.3 Å². The van der Waals surface area contributed by atoms with Gasteiger partial charge in [0.2, 0.25) is 5.91 Å². The summed E-state index contributed by atoms with van der Waals surface area (Å²) in [4.78, 5) is 10.7. The molecule has 0 rings (SSSR count). The van der Waals surface area contributed by atoms with Crippen molar-refractivity contribution in [3.05, 3.63) is 0 Å². The minimum Gasteiger partial charge on any atom is -0.393 e. The average Bonchev–Trinajstić information content (AvgIpc) is 2.05. The molecule has 0 radical (unpaired) electrons. The highest BCUT2D eigenvalue weighted by Crippen LogP contribution is 2.05. The van der Waals surface area contributed by atoms with Crippen molar-refractivity contribution in [3.8, 4) is 0 Å². The van der Waals surface area contributed by atoms with Crippen molar-refractivity contribution in [2.75, 3.05) is 0 Å². The summed E-state index contributed by atoms with van der Waals surface area (Å²) in [5.41, 5.74) is 1.99. The van der Waals surface area contributed by atoms with Gasteiger partial charge in [-0.2, -0.15) is 0 Å². The van der Waals surface area contributed by atoms with Gasteiger partial charge >= 0.3 is 0 Å². The Morgan fingerprint density at radius 2 is 2.25 bits per heavy atom. The highest BCUT2D eigenvalue weighted by atomic mass is 16.3. The van der Waals surface area contributed by atoms with Crippen molar-refractivity contribution in [2.45, 2.75) is 45.1 Å². The Hall–Kier alpha value is -0.610. The first-order chi connectivity index (χ1) is 5.70. The van der Waals surface area contributed by atoms with E-state index in [-0.39, 0.29) is 12.3 Å². The second kappa shape index (κ2) is 7.06. The van der Waals surface area contributed by atoms with E-state index in [4.69, 9.17) is 5.84 Å². The summed E-state index contributed by atoms with van der Waals surface area (Å²) < 4.78 is 0. The summed E-state index contributed by atoms with van der Waals surface area (Å²) >= 11 is 0. The molecule has 0 aliphatic heterocycles. The van der Waals surface area contributed by atoms with E-state index < -0.39 is 6.10 Å². The molecule has 0 aromatic carbocycles. The van der Waals surface area contributed by atoms with Crippen molar-refractivity contribution in [3.63, 3.8) is 0 Å². The third kappa shape index (κ3) is 6.12. The molecule has 1 atom stereocenters. The Kier molecular flexibility index (Phi) is 6.70. The van der Waals surface area contributed by atoms with Crippen LogP contribution in [0.25, 0.3) is 0 Å². The molecule has 0 aromatic rings. The lowest BCUT2D eigenvalue weighted by atomic mass is 10.1. The van der Waals surface area contributed by atoms with Crippen LogP contribution in [-0.2, 0) is 4.79 Å². The smallest absolute Gasteiger partial charge is 0.236 e. The number of aliphatic hydroxyl groups is 1. The normalized spacial score (nSPS) is 12.6. The molecular formula is C8H18N2O2. The Bertz CT molecular complexity index is 128. The number of carbonyl (C=O) groups is 1. The fraction of sp³-hybridized carbons (Fsp3) is 0.875. The molecule has 0 saturated heterocycles. The number of amides is 1. The number of nitrogens with one attached hydrogen (secondary N) is 1. The van der Waals surface area contributed by atoms with Crippen molar-refractivity contribution >= 4 is 5.91 Å². The van der Waals surface area contributed by atoms with Gasteiger partial charge in [-0.25, -0.2) is 5.84 Å². The van der Waals surface area contributed by atoms with E-state index in [0.29, 0.717) is 6.42 Å². The van der Waals surface area contributed by atoms with E-state index in [9.17, 15) is 9.90 Å². The molecule has 0 aromatic heterocycles. The summed E-state index contributed by atoms with van der Waals surface area (Å²) in [5, 5.41) is 9.26. The standard InChI is InChI=1S/C8H18N2O2/c1-2-3-4-5-7(11)6-8(12)10-9/h7,11H,2-6,9H2,1H3,(H,10,12)/t7-/m0/s1. The van der Waals surface area contributed by atoms with E-state index in [1.807, 2.05) is 5.43 Å². The molecule has 0 saturated carbocycles. The molecule has 0 aliphatic rings. The predicted molar refractivity (Wildman–Crippen MR) is 47.1 cm³/mol. The molecule has 4 nitrogen and oxygen atoms in total. The zero-order valence-electron chi connectivity index (χ0n) is 7.55. The Balaban J connectivity index is 3.32. The average molecular weight is 174 g/mol. The highest BCUT2D eigenvalue weighted by molar-refractivity contribution is 5.75. The maximum Gasteiger partial charge on any atom is 0.236 e. The van der Waals surface area contributed by atoms with Gasteiger partial charge in [0.15, 0.2) is 0 Å². The lowest BCUT2D eigenvalue weighted by Crippen LogP contribution is -2.32. The van der Waals surface area contributed by atoms with E-state index in [1.54, 1.807) is 0 Å². The molecule has 4 heteroatoms. The summed E-state index contributed by atoms with van der Waals surface area (Å²) in [6.07, 6.45) is 3.44. The van der Waals surface area contributed by atoms with Crippen LogP contribution in [0.2, 0.25) is 0 Å². The van der Waals surface area contributed by atoms with Crippen LogP contribution >= 0.6 is 0 Å². The summed E-state index contributed by atoms with van der Waals surface area (Å²) in [5.74, 6) is 4.56. The molecule has 0 bridgehead atoms. The van der Waals surface area contributed by atoms with Crippen molar-refractivity contribution in [1.29, 1.82) is 0 Å². The van der Waals surface area contributed by atoms with E-state index >= 15 is 0 Å². The monoisotopic (exact) mass is 174 g/mol. The van der Waals surface area contributed by atoms with Crippen molar-refractivity contribution in [1.82, 2.24) is 5.43 Å². The molecule has 4 N–H and O–H groups in total. The minimum atomic E-state index is -0.542. The topological polar surface area (TPSA) is 75.3 Å². The fourth-order valence-corrected chi connectivity index (χ4v) is 1.00. The van der Waals surface area contributed by atoms with Gasteiger partial charge in [-0.1, -0.05) is 26.2 Å². The Labute approximate surface area is 73.1 Å².